The molecule has 1 unspecified atom stereocenters. The lowest BCUT2D eigenvalue weighted by Gasteiger charge is -2.24. The molecule has 1 amide bonds. The van der Waals surface area contributed by atoms with E-state index in [1.807, 2.05) is 24.3 Å². The third-order valence-electron chi connectivity index (χ3n) is 5.50. The highest BCUT2D eigenvalue weighted by Crippen LogP contribution is 2.36. The van der Waals surface area contributed by atoms with Crippen LogP contribution in [0.1, 0.15) is 65.5 Å². The van der Waals surface area contributed by atoms with Crippen LogP contribution in [-0.4, -0.2) is 27.5 Å². The van der Waals surface area contributed by atoms with E-state index in [2.05, 4.69) is 15.3 Å². The molecule has 130 valence electrons. The lowest BCUT2D eigenvalue weighted by Crippen LogP contribution is -2.39. The van der Waals surface area contributed by atoms with E-state index in [0.29, 0.717) is 18.0 Å². The van der Waals surface area contributed by atoms with Gasteiger partial charge >= 0.3 is 0 Å². The fourth-order valence-corrected chi connectivity index (χ4v) is 4.05. The van der Waals surface area contributed by atoms with Crippen molar-refractivity contribution in [2.75, 3.05) is 6.54 Å². The number of carbonyl (C=O) groups is 1. The van der Waals surface area contributed by atoms with Crippen molar-refractivity contribution < 1.29 is 9.90 Å². The molecule has 1 aromatic heterocycles. The van der Waals surface area contributed by atoms with E-state index in [4.69, 9.17) is 0 Å². The molecular formula is C20H23N3O2. The van der Waals surface area contributed by atoms with Crippen molar-refractivity contribution in [1.29, 1.82) is 0 Å². The molecule has 0 spiro atoms. The molecule has 5 heteroatoms. The molecule has 25 heavy (non-hydrogen) atoms. The van der Waals surface area contributed by atoms with Crippen LogP contribution in [0.3, 0.4) is 0 Å². The van der Waals surface area contributed by atoms with Crippen molar-refractivity contribution >= 4 is 5.91 Å². The fraction of sp³-hybridized carbons (Fsp3) is 0.450. The number of hydrogen-bond acceptors (Lipinski definition) is 4. The average Bonchev–Trinajstić information content (AvgIpc) is 3.30. The van der Waals surface area contributed by atoms with Gasteiger partial charge in [0.1, 0.15) is 17.1 Å². The maximum atomic E-state index is 12.5. The number of benzene rings is 1. The highest BCUT2D eigenvalue weighted by molar-refractivity contribution is 5.92. The lowest BCUT2D eigenvalue weighted by atomic mass is 9.96. The van der Waals surface area contributed by atoms with Crippen LogP contribution in [0, 0.1) is 0 Å². The molecule has 2 aliphatic carbocycles. The molecule has 0 saturated heterocycles. The molecule has 1 aromatic carbocycles. The van der Waals surface area contributed by atoms with Gasteiger partial charge in [0, 0.05) is 12.1 Å². The largest absolute Gasteiger partial charge is 0.383 e. The molecule has 2 aromatic rings. The van der Waals surface area contributed by atoms with Crippen molar-refractivity contribution in [3.8, 4) is 0 Å². The summed E-state index contributed by atoms with van der Waals surface area (Å²) in [5.74, 6) is 0.896. The van der Waals surface area contributed by atoms with E-state index >= 15 is 0 Å². The van der Waals surface area contributed by atoms with Gasteiger partial charge in [0.05, 0.1) is 6.54 Å². The molecule has 1 fully saturated rings. The van der Waals surface area contributed by atoms with Gasteiger partial charge < -0.3 is 10.4 Å². The van der Waals surface area contributed by atoms with Crippen LogP contribution in [0.15, 0.2) is 36.5 Å². The van der Waals surface area contributed by atoms with Gasteiger partial charge in [-0.25, -0.2) is 9.97 Å². The Morgan fingerprint density at radius 1 is 1.24 bits per heavy atom. The summed E-state index contributed by atoms with van der Waals surface area (Å²) in [4.78, 5) is 21.3. The number of aliphatic hydroxyl groups is 1. The van der Waals surface area contributed by atoms with Crippen molar-refractivity contribution in [3.05, 3.63) is 59.2 Å². The maximum Gasteiger partial charge on any atom is 0.270 e. The number of amides is 1. The Kier molecular flexibility index (Phi) is 4.25. The van der Waals surface area contributed by atoms with Gasteiger partial charge in [0.25, 0.3) is 5.91 Å². The molecule has 0 aliphatic heterocycles. The van der Waals surface area contributed by atoms with Crippen LogP contribution in [0.25, 0.3) is 0 Å². The zero-order valence-corrected chi connectivity index (χ0v) is 14.2. The number of hydrogen-bond donors (Lipinski definition) is 2. The first kappa shape index (κ1) is 16.2. The Bertz CT molecular complexity index is 786. The first-order valence-electron chi connectivity index (χ1n) is 9.08. The molecule has 5 nitrogen and oxygen atoms in total. The third-order valence-corrected chi connectivity index (χ3v) is 5.50. The van der Waals surface area contributed by atoms with Gasteiger partial charge in [-0.2, -0.15) is 0 Å². The van der Waals surface area contributed by atoms with E-state index in [9.17, 15) is 9.90 Å². The molecule has 2 aliphatic rings. The number of fused-ring (bicyclic) bond motifs is 1. The number of nitrogens with zero attached hydrogens (tertiary/aromatic N) is 2. The fourth-order valence-electron chi connectivity index (χ4n) is 4.05. The van der Waals surface area contributed by atoms with E-state index in [0.717, 1.165) is 36.2 Å². The highest BCUT2D eigenvalue weighted by Gasteiger charge is 2.36. The molecule has 2 N–H and O–H groups in total. The quantitative estimate of drug-likeness (QED) is 0.899. The van der Waals surface area contributed by atoms with E-state index in [-0.39, 0.29) is 12.5 Å². The molecule has 0 radical (unpaired) electrons. The lowest BCUT2D eigenvalue weighted by molar-refractivity contribution is 0.0368. The standard InChI is InChI=1S/C20H23N3O2/c24-19(17-10-12-21-18(23-17)15-6-1-2-7-15)22-13-20(25)11-9-14-5-3-4-8-16(14)20/h3-5,8,10,12,15,25H,1-2,6-7,9,11,13H2,(H,22,24). The van der Waals surface area contributed by atoms with E-state index in [1.54, 1.807) is 12.3 Å². The Balaban J connectivity index is 1.45. The van der Waals surface area contributed by atoms with Gasteiger partial charge in [-0.15, -0.1) is 0 Å². The van der Waals surface area contributed by atoms with Crippen LogP contribution in [0.2, 0.25) is 0 Å². The van der Waals surface area contributed by atoms with Crippen molar-refractivity contribution in [2.24, 2.45) is 0 Å². The second-order valence-electron chi connectivity index (χ2n) is 7.15. The molecule has 1 saturated carbocycles. The van der Waals surface area contributed by atoms with Gasteiger partial charge in [0.15, 0.2) is 0 Å². The number of rotatable bonds is 4. The number of nitrogens with one attached hydrogen (secondary N) is 1. The topological polar surface area (TPSA) is 75.1 Å². The number of aryl methyl sites for hydroxylation is 1. The van der Waals surface area contributed by atoms with Gasteiger partial charge in [-0.3, -0.25) is 4.79 Å². The Morgan fingerprint density at radius 3 is 2.88 bits per heavy atom. The predicted octanol–water partition coefficient (Wildman–Crippen LogP) is 2.70. The summed E-state index contributed by atoms with van der Waals surface area (Å²) in [5.41, 5.74) is 1.47. The summed E-state index contributed by atoms with van der Waals surface area (Å²) in [6.07, 6.45) is 7.73. The van der Waals surface area contributed by atoms with Crippen molar-refractivity contribution in [1.82, 2.24) is 15.3 Å². The minimum Gasteiger partial charge on any atom is -0.383 e. The summed E-state index contributed by atoms with van der Waals surface area (Å²) in [6.45, 7) is 0.200. The summed E-state index contributed by atoms with van der Waals surface area (Å²) in [5, 5.41) is 13.8. The second kappa shape index (κ2) is 6.56. The summed E-state index contributed by atoms with van der Waals surface area (Å²) < 4.78 is 0. The van der Waals surface area contributed by atoms with Crippen LogP contribution in [0.5, 0.6) is 0 Å². The molecule has 1 heterocycles. The molecule has 4 rings (SSSR count). The monoisotopic (exact) mass is 337 g/mol. The van der Waals surface area contributed by atoms with Crippen LogP contribution >= 0.6 is 0 Å². The van der Waals surface area contributed by atoms with Gasteiger partial charge in [-0.1, -0.05) is 37.1 Å². The Labute approximate surface area is 147 Å². The SMILES string of the molecule is O=C(NCC1(O)CCc2ccccc21)c1ccnc(C2CCCC2)n1. The van der Waals surface area contributed by atoms with Crippen molar-refractivity contribution in [3.63, 3.8) is 0 Å². The van der Waals surface area contributed by atoms with Crippen LogP contribution in [0.4, 0.5) is 0 Å². The Morgan fingerprint density at radius 2 is 2.04 bits per heavy atom. The predicted molar refractivity (Wildman–Crippen MR) is 94.2 cm³/mol. The molecular weight excluding hydrogens is 314 g/mol. The van der Waals surface area contributed by atoms with Gasteiger partial charge in [-0.05, 0) is 42.9 Å². The smallest absolute Gasteiger partial charge is 0.270 e. The summed E-state index contributed by atoms with van der Waals surface area (Å²) >= 11 is 0. The minimum atomic E-state index is -0.992. The zero-order valence-electron chi connectivity index (χ0n) is 14.2. The van der Waals surface area contributed by atoms with Gasteiger partial charge in [0.2, 0.25) is 0 Å². The zero-order chi connectivity index (χ0) is 17.3. The number of carbonyl (C=O) groups excluding carboxylic acids is 1. The summed E-state index contributed by atoms with van der Waals surface area (Å²) in [6, 6.07) is 9.52. The van der Waals surface area contributed by atoms with Crippen LogP contribution in [-0.2, 0) is 12.0 Å². The molecule has 0 bridgehead atoms. The molecule has 1 atom stereocenters. The highest BCUT2D eigenvalue weighted by atomic mass is 16.3. The average molecular weight is 337 g/mol. The number of aromatic nitrogens is 2. The van der Waals surface area contributed by atoms with Crippen molar-refractivity contribution in [2.45, 2.75) is 50.0 Å². The normalized spacial score (nSPS) is 22.8. The van der Waals surface area contributed by atoms with Crippen LogP contribution < -0.4 is 5.32 Å². The van der Waals surface area contributed by atoms with E-state index in [1.165, 1.54) is 12.8 Å². The first-order chi connectivity index (χ1) is 12.2. The van der Waals surface area contributed by atoms with E-state index < -0.39 is 5.60 Å². The first-order valence-corrected chi connectivity index (χ1v) is 9.08. The maximum absolute atomic E-state index is 12.5. The second-order valence-corrected chi connectivity index (χ2v) is 7.15. The summed E-state index contributed by atoms with van der Waals surface area (Å²) in [7, 11) is 0. The minimum absolute atomic E-state index is 0.200. The third kappa shape index (κ3) is 3.16. The Hall–Kier alpha value is -2.27.